The molecule has 0 unspecified atom stereocenters. The van der Waals surface area contributed by atoms with Crippen molar-refractivity contribution in [3.05, 3.63) is 79.9 Å². The number of thioether (sulfide) groups is 1. The Kier molecular flexibility index (Phi) is 5.99. The minimum atomic E-state index is -0.0103. The lowest BCUT2D eigenvalue weighted by molar-refractivity contribution is 0.318. The molecule has 0 aliphatic carbocycles. The van der Waals surface area contributed by atoms with Gasteiger partial charge in [0.05, 0.1) is 18.2 Å². The number of rotatable bonds is 5. The van der Waals surface area contributed by atoms with Gasteiger partial charge < -0.3 is 9.64 Å². The highest BCUT2D eigenvalue weighted by atomic mass is 35.5. The van der Waals surface area contributed by atoms with E-state index >= 15 is 0 Å². The fraction of sp³-hybridized carbons (Fsp3) is 0.250. The monoisotopic (exact) mass is 483 g/mol. The molecule has 0 radical (unpaired) electrons. The average molecular weight is 484 g/mol. The third-order valence-electron chi connectivity index (χ3n) is 5.63. The number of halogens is 1. The molecule has 0 spiro atoms. The molecule has 32 heavy (non-hydrogen) atoms. The molecule has 0 N–H and O–H groups in total. The second kappa shape index (κ2) is 8.90. The molecule has 0 saturated heterocycles. The Hall–Kier alpha value is -2.32. The van der Waals surface area contributed by atoms with Crippen LogP contribution < -0.4 is 10.3 Å². The van der Waals surface area contributed by atoms with E-state index < -0.39 is 0 Å². The summed E-state index contributed by atoms with van der Waals surface area (Å²) in [5.41, 5.74) is 3.03. The molecule has 1 aliphatic rings. The van der Waals surface area contributed by atoms with Crippen LogP contribution in [0.4, 0.5) is 0 Å². The standard InChI is InChI=1S/C24H22ClN3O2S2/c1-27-11-10-19-20(13-27)32-22-21(19)23(29)28(17-4-3-5-18(12-17)30-2)24(26-22)31-14-15-6-8-16(25)9-7-15/h3-9,12H,10-11,13-14H2,1-2H3. The number of ether oxygens (including phenoxy) is 1. The lowest BCUT2D eigenvalue weighted by Crippen LogP contribution is -2.27. The number of thiophene rings is 1. The van der Waals surface area contributed by atoms with Crippen molar-refractivity contribution < 1.29 is 4.74 Å². The maximum atomic E-state index is 13.9. The molecule has 2 aromatic carbocycles. The predicted molar refractivity (Wildman–Crippen MR) is 133 cm³/mol. The maximum absolute atomic E-state index is 13.9. The van der Waals surface area contributed by atoms with Gasteiger partial charge in [-0.2, -0.15) is 0 Å². The van der Waals surface area contributed by atoms with E-state index in [2.05, 4.69) is 11.9 Å². The summed E-state index contributed by atoms with van der Waals surface area (Å²) < 4.78 is 7.15. The largest absolute Gasteiger partial charge is 0.497 e. The van der Waals surface area contributed by atoms with Crippen molar-refractivity contribution in [3.63, 3.8) is 0 Å². The fourth-order valence-corrected chi connectivity index (χ4v) is 6.39. The van der Waals surface area contributed by atoms with Crippen LogP contribution in [0.2, 0.25) is 5.02 Å². The summed E-state index contributed by atoms with van der Waals surface area (Å²) in [6.07, 6.45) is 0.873. The van der Waals surface area contributed by atoms with E-state index in [1.807, 2.05) is 48.5 Å². The number of likely N-dealkylation sites (N-methyl/N-ethyl adjacent to an activating group) is 1. The van der Waals surface area contributed by atoms with E-state index in [0.717, 1.165) is 46.5 Å². The zero-order chi connectivity index (χ0) is 22.2. The van der Waals surface area contributed by atoms with Crippen LogP contribution in [-0.4, -0.2) is 35.2 Å². The molecule has 0 saturated carbocycles. The molecule has 2 aromatic heterocycles. The average Bonchev–Trinajstić information content (AvgIpc) is 3.16. The Labute approximate surface area is 199 Å². The Balaban J connectivity index is 1.66. The molecule has 0 atom stereocenters. The summed E-state index contributed by atoms with van der Waals surface area (Å²) in [5.74, 6) is 1.39. The Morgan fingerprint density at radius 3 is 2.81 bits per heavy atom. The molecular weight excluding hydrogens is 462 g/mol. The van der Waals surface area contributed by atoms with E-state index in [1.54, 1.807) is 34.8 Å². The van der Waals surface area contributed by atoms with Gasteiger partial charge in [0.25, 0.3) is 5.56 Å². The van der Waals surface area contributed by atoms with E-state index in [9.17, 15) is 4.79 Å². The van der Waals surface area contributed by atoms with E-state index in [0.29, 0.717) is 21.7 Å². The van der Waals surface area contributed by atoms with Gasteiger partial charge in [-0.15, -0.1) is 11.3 Å². The first-order valence-electron chi connectivity index (χ1n) is 10.3. The van der Waals surface area contributed by atoms with Gasteiger partial charge in [-0.05, 0) is 48.9 Å². The Bertz CT molecular complexity index is 1350. The first-order valence-corrected chi connectivity index (χ1v) is 12.5. The topological polar surface area (TPSA) is 47.4 Å². The van der Waals surface area contributed by atoms with Crippen molar-refractivity contribution >= 4 is 44.9 Å². The highest BCUT2D eigenvalue weighted by Gasteiger charge is 2.24. The normalized spacial score (nSPS) is 14.0. The number of benzene rings is 2. The molecule has 8 heteroatoms. The van der Waals surface area contributed by atoms with Gasteiger partial charge in [0, 0.05) is 34.8 Å². The summed E-state index contributed by atoms with van der Waals surface area (Å²) >= 11 is 9.23. The number of methoxy groups -OCH3 is 1. The van der Waals surface area contributed by atoms with E-state index in [-0.39, 0.29) is 5.56 Å². The van der Waals surface area contributed by atoms with Crippen molar-refractivity contribution in [2.24, 2.45) is 0 Å². The molecule has 4 aromatic rings. The van der Waals surface area contributed by atoms with Gasteiger partial charge in [0.1, 0.15) is 10.6 Å². The van der Waals surface area contributed by atoms with Crippen molar-refractivity contribution in [1.29, 1.82) is 0 Å². The van der Waals surface area contributed by atoms with Crippen molar-refractivity contribution in [2.75, 3.05) is 20.7 Å². The summed E-state index contributed by atoms with van der Waals surface area (Å²) in [5, 5.41) is 2.15. The zero-order valence-corrected chi connectivity index (χ0v) is 20.2. The summed E-state index contributed by atoms with van der Waals surface area (Å²) in [6, 6.07) is 15.4. The minimum Gasteiger partial charge on any atom is -0.497 e. The van der Waals surface area contributed by atoms with Crippen LogP contribution in [0.3, 0.4) is 0 Å². The van der Waals surface area contributed by atoms with Crippen LogP contribution in [0.1, 0.15) is 16.0 Å². The second-order valence-electron chi connectivity index (χ2n) is 7.82. The van der Waals surface area contributed by atoms with Gasteiger partial charge in [-0.1, -0.05) is 41.6 Å². The first-order chi connectivity index (χ1) is 15.5. The van der Waals surface area contributed by atoms with Crippen LogP contribution in [0.25, 0.3) is 15.9 Å². The number of nitrogens with zero attached hydrogens (tertiary/aromatic N) is 3. The van der Waals surface area contributed by atoms with Crippen LogP contribution >= 0.6 is 34.7 Å². The van der Waals surface area contributed by atoms with Gasteiger partial charge in [0.15, 0.2) is 5.16 Å². The van der Waals surface area contributed by atoms with Gasteiger partial charge in [-0.25, -0.2) is 4.98 Å². The molecule has 0 fully saturated rings. The second-order valence-corrected chi connectivity index (χ2v) is 10.3. The number of hydrogen-bond acceptors (Lipinski definition) is 6. The Morgan fingerprint density at radius 1 is 1.22 bits per heavy atom. The lowest BCUT2D eigenvalue weighted by atomic mass is 10.1. The molecule has 5 rings (SSSR count). The fourth-order valence-electron chi connectivity index (χ4n) is 3.95. The number of hydrogen-bond donors (Lipinski definition) is 0. The highest BCUT2D eigenvalue weighted by molar-refractivity contribution is 7.98. The molecule has 0 bridgehead atoms. The number of aromatic nitrogens is 2. The quantitative estimate of drug-likeness (QED) is 0.281. The third kappa shape index (κ3) is 4.06. The van der Waals surface area contributed by atoms with Gasteiger partial charge >= 0.3 is 0 Å². The smallest absolute Gasteiger partial charge is 0.267 e. The van der Waals surface area contributed by atoms with Crippen molar-refractivity contribution in [3.8, 4) is 11.4 Å². The van der Waals surface area contributed by atoms with Crippen LogP contribution in [0.5, 0.6) is 5.75 Å². The predicted octanol–water partition coefficient (Wildman–Crippen LogP) is 5.39. The van der Waals surface area contributed by atoms with Crippen LogP contribution in [-0.2, 0) is 18.7 Å². The number of fused-ring (bicyclic) bond motifs is 3. The van der Waals surface area contributed by atoms with E-state index in [1.165, 1.54) is 4.88 Å². The molecule has 164 valence electrons. The summed E-state index contributed by atoms with van der Waals surface area (Å²) in [7, 11) is 3.74. The molecule has 1 aliphatic heterocycles. The van der Waals surface area contributed by atoms with Gasteiger partial charge in [-0.3, -0.25) is 9.36 Å². The van der Waals surface area contributed by atoms with Gasteiger partial charge in [0.2, 0.25) is 0 Å². The lowest BCUT2D eigenvalue weighted by Gasteiger charge is -2.21. The minimum absolute atomic E-state index is 0.0103. The van der Waals surface area contributed by atoms with Crippen LogP contribution in [0.15, 0.2) is 58.5 Å². The zero-order valence-electron chi connectivity index (χ0n) is 17.8. The summed E-state index contributed by atoms with van der Waals surface area (Å²) in [6.45, 7) is 1.81. The molecule has 3 heterocycles. The van der Waals surface area contributed by atoms with Crippen molar-refractivity contribution in [2.45, 2.75) is 23.9 Å². The first kappa shape index (κ1) is 21.5. The molecule has 5 nitrogen and oxygen atoms in total. The van der Waals surface area contributed by atoms with Crippen LogP contribution in [0, 0.1) is 0 Å². The Morgan fingerprint density at radius 2 is 2.03 bits per heavy atom. The summed E-state index contributed by atoms with van der Waals surface area (Å²) in [4.78, 5) is 23.2. The third-order valence-corrected chi connectivity index (χ3v) is 8.00. The van der Waals surface area contributed by atoms with Crippen molar-refractivity contribution in [1.82, 2.24) is 14.5 Å². The molecule has 0 amide bonds. The van der Waals surface area contributed by atoms with E-state index in [4.69, 9.17) is 21.3 Å². The highest BCUT2D eigenvalue weighted by Crippen LogP contribution is 2.34. The maximum Gasteiger partial charge on any atom is 0.267 e. The molecular formula is C24H22ClN3O2S2. The SMILES string of the molecule is COc1cccc(-n2c(SCc3ccc(Cl)cc3)nc3sc4c(c3c2=O)CCN(C)C4)c1.